The fraction of sp³-hybridized carbons (Fsp3) is 0.500. The molecule has 3 aromatic rings. The number of aromatic nitrogens is 5. The smallest absolute Gasteiger partial charge is 0.355 e. The van der Waals surface area contributed by atoms with Crippen LogP contribution < -0.4 is 9.80 Å². The van der Waals surface area contributed by atoms with Crippen molar-refractivity contribution in [2.45, 2.75) is 25.6 Å². The maximum Gasteiger partial charge on any atom is 0.419 e. The first-order valence-corrected chi connectivity index (χ1v) is 10.3. The van der Waals surface area contributed by atoms with E-state index < -0.39 is 24.7 Å². The highest BCUT2D eigenvalue weighted by Gasteiger charge is 2.42. The molecule has 2 aliphatic rings. The Morgan fingerprint density at radius 3 is 2.59 bits per heavy atom. The molecule has 0 saturated carbocycles. The Bertz CT molecular complexity index is 1120. The maximum absolute atomic E-state index is 13.4. The van der Waals surface area contributed by atoms with Gasteiger partial charge in [-0.3, -0.25) is 0 Å². The average Bonchev–Trinajstić information content (AvgIpc) is 3.36. The van der Waals surface area contributed by atoms with Crippen molar-refractivity contribution in [1.29, 1.82) is 0 Å². The van der Waals surface area contributed by atoms with Crippen LogP contribution in [0.5, 0.6) is 0 Å². The number of piperidine rings is 1. The van der Waals surface area contributed by atoms with Crippen molar-refractivity contribution < 1.29 is 22.0 Å². The molecule has 5 rings (SSSR count). The van der Waals surface area contributed by atoms with E-state index in [1.165, 1.54) is 18.5 Å². The first kappa shape index (κ1) is 20.8. The Morgan fingerprint density at radius 2 is 1.81 bits per heavy atom. The zero-order chi connectivity index (χ0) is 22.5. The monoisotopic (exact) mass is 453 g/mol. The van der Waals surface area contributed by atoms with Gasteiger partial charge in [0.2, 0.25) is 0 Å². The van der Waals surface area contributed by atoms with E-state index in [9.17, 15) is 22.0 Å². The first-order chi connectivity index (χ1) is 15.3. The summed E-state index contributed by atoms with van der Waals surface area (Å²) in [5.41, 5.74) is 0.00606. The van der Waals surface area contributed by atoms with E-state index in [-0.39, 0.29) is 17.7 Å². The highest BCUT2D eigenvalue weighted by molar-refractivity contribution is 5.71. The lowest BCUT2D eigenvalue weighted by atomic mass is 9.89. The quantitative estimate of drug-likeness (QED) is 0.564. The number of pyridine rings is 1. The van der Waals surface area contributed by atoms with Crippen LogP contribution >= 0.6 is 0 Å². The molecule has 12 heteroatoms. The molecule has 0 aliphatic carbocycles. The fourth-order valence-corrected chi connectivity index (χ4v) is 4.68. The zero-order valence-corrected chi connectivity index (χ0v) is 16.9. The van der Waals surface area contributed by atoms with Gasteiger partial charge in [0, 0.05) is 32.4 Å². The molecule has 32 heavy (non-hydrogen) atoms. The Morgan fingerprint density at radius 1 is 1.03 bits per heavy atom. The number of rotatable bonds is 4. The van der Waals surface area contributed by atoms with Crippen molar-refractivity contribution in [2.75, 3.05) is 36.0 Å². The largest absolute Gasteiger partial charge is 0.419 e. The molecule has 0 bridgehead atoms. The minimum Gasteiger partial charge on any atom is -0.355 e. The number of hydrogen-bond donors (Lipinski definition) is 0. The van der Waals surface area contributed by atoms with Gasteiger partial charge in [-0.1, -0.05) is 0 Å². The summed E-state index contributed by atoms with van der Waals surface area (Å²) in [5, 5.41) is 3.93. The van der Waals surface area contributed by atoms with Crippen LogP contribution in [0.15, 0.2) is 30.7 Å². The molecule has 0 N–H and O–H groups in total. The fourth-order valence-electron chi connectivity index (χ4n) is 4.68. The van der Waals surface area contributed by atoms with Crippen molar-refractivity contribution >= 4 is 22.8 Å². The molecule has 2 saturated heterocycles. The Hall–Kier alpha value is -3.05. The lowest BCUT2D eigenvalue weighted by Crippen LogP contribution is -2.40. The van der Waals surface area contributed by atoms with Crippen LogP contribution in [0.1, 0.15) is 12.0 Å². The van der Waals surface area contributed by atoms with Crippen LogP contribution in [0.25, 0.3) is 11.2 Å². The van der Waals surface area contributed by atoms with Crippen molar-refractivity contribution in [3.05, 3.63) is 36.3 Å². The number of halogens is 5. The highest BCUT2D eigenvalue weighted by atomic mass is 19.4. The predicted octanol–water partition coefficient (Wildman–Crippen LogP) is 3.47. The van der Waals surface area contributed by atoms with E-state index in [1.54, 1.807) is 11.1 Å². The molecule has 5 heterocycles. The van der Waals surface area contributed by atoms with E-state index in [1.807, 2.05) is 4.90 Å². The van der Waals surface area contributed by atoms with E-state index in [0.717, 1.165) is 17.2 Å². The van der Waals surface area contributed by atoms with Gasteiger partial charge in [-0.05, 0) is 30.4 Å². The number of fused-ring (bicyclic) bond motifs is 2. The van der Waals surface area contributed by atoms with Gasteiger partial charge in [0.1, 0.15) is 23.7 Å². The maximum atomic E-state index is 13.4. The Kier molecular flexibility index (Phi) is 5.09. The summed E-state index contributed by atoms with van der Waals surface area (Å²) in [6.45, 7) is 1.67. The number of alkyl halides is 5. The molecular formula is C20H20F5N7. The van der Waals surface area contributed by atoms with Gasteiger partial charge in [-0.15, -0.1) is 0 Å². The van der Waals surface area contributed by atoms with Gasteiger partial charge in [-0.25, -0.2) is 28.4 Å². The average molecular weight is 453 g/mol. The van der Waals surface area contributed by atoms with Gasteiger partial charge >= 0.3 is 6.18 Å². The third-order valence-electron chi connectivity index (χ3n) is 6.16. The Labute approximate surface area is 179 Å². The van der Waals surface area contributed by atoms with Crippen LogP contribution in [-0.2, 0) is 12.7 Å². The van der Waals surface area contributed by atoms with Crippen LogP contribution in [-0.4, -0.2) is 57.3 Å². The topological polar surface area (TPSA) is 63.0 Å². The summed E-state index contributed by atoms with van der Waals surface area (Å²) in [5.74, 6) is 0.906. The van der Waals surface area contributed by atoms with Gasteiger partial charge < -0.3 is 9.80 Å². The molecule has 0 spiro atoms. The highest BCUT2D eigenvalue weighted by Crippen LogP contribution is 2.40. The van der Waals surface area contributed by atoms with Crippen molar-refractivity contribution in [3.63, 3.8) is 0 Å². The van der Waals surface area contributed by atoms with E-state index in [2.05, 4.69) is 20.1 Å². The molecule has 2 aliphatic heterocycles. The molecule has 7 nitrogen and oxygen atoms in total. The number of nitrogens with zero attached hydrogens (tertiary/aromatic N) is 7. The van der Waals surface area contributed by atoms with E-state index in [0.29, 0.717) is 43.2 Å². The third-order valence-corrected chi connectivity index (χ3v) is 6.16. The zero-order valence-electron chi connectivity index (χ0n) is 16.9. The molecule has 2 atom stereocenters. The van der Waals surface area contributed by atoms with Gasteiger partial charge in [0.05, 0.1) is 18.0 Å². The summed E-state index contributed by atoms with van der Waals surface area (Å²) >= 11 is 0. The number of hydrogen-bond acceptors (Lipinski definition) is 6. The van der Waals surface area contributed by atoms with E-state index in [4.69, 9.17) is 0 Å². The van der Waals surface area contributed by atoms with Gasteiger partial charge in [0.25, 0.3) is 6.43 Å². The van der Waals surface area contributed by atoms with Crippen LogP contribution in [0.3, 0.4) is 0 Å². The SMILES string of the molecule is FC(F)Cn1ncc2ncc(N3CCC4CN(c5ncccc5C(F)(F)F)CC4C3)nc21. The minimum atomic E-state index is -4.46. The van der Waals surface area contributed by atoms with Crippen LogP contribution in [0.2, 0.25) is 0 Å². The van der Waals surface area contributed by atoms with Crippen molar-refractivity contribution in [2.24, 2.45) is 11.8 Å². The van der Waals surface area contributed by atoms with E-state index >= 15 is 0 Å². The van der Waals surface area contributed by atoms with Crippen LogP contribution in [0, 0.1) is 11.8 Å². The van der Waals surface area contributed by atoms with Crippen LogP contribution in [0.4, 0.5) is 33.6 Å². The first-order valence-electron chi connectivity index (χ1n) is 10.3. The summed E-state index contributed by atoms with van der Waals surface area (Å²) < 4.78 is 67.0. The summed E-state index contributed by atoms with van der Waals surface area (Å²) in [6, 6.07) is 2.36. The summed E-state index contributed by atoms with van der Waals surface area (Å²) in [6.07, 6.45) is -1.87. The molecule has 3 aromatic heterocycles. The second-order valence-corrected chi connectivity index (χ2v) is 8.19. The van der Waals surface area contributed by atoms with Crippen molar-refractivity contribution in [1.82, 2.24) is 24.7 Å². The predicted molar refractivity (Wildman–Crippen MR) is 107 cm³/mol. The molecule has 0 aromatic carbocycles. The number of anilines is 2. The second-order valence-electron chi connectivity index (χ2n) is 8.19. The van der Waals surface area contributed by atoms with Gasteiger partial charge in [0.15, 0.2) is 5.65 Å². The molecule has 2 fully saturated rings. The summed E-state index contributed by atoms with van der Waals surface area (Å²) in [4.78, 5) is 16.6. The molecule has 170 valence electrons. The lowest BCUT2D eigenvalue weighted by Gasteiger charge is -2.34. The summed E-state index contributed by atoms with van der Waals surface area (Å²) in [7, 11) is 0. The Balaban J connectivity index is 1.35. The molecular weight excluding hydrogens is 433 g/mol. The lowest BCUT2D eigenvalue weighted by molar-refractivity contribution is -0.137. The standard InChI is InChI=1S/C20H20F5N7/c21-16(22)11-32-19-15(6-28-32)27-7-17(29-19)30-5-3-12-8-31(10-13(12)9-30)18-14(20(23,24)25)2-1-4-26-18/h1-2,4,6-7,12-13,16H,3,5,8-11H2. The molecule has 0 amide bonds. The minimum absolute atomic E-state index is 0.0296. The molecule has 2 unspecified atom stereocenters. The third kappa shape index (κ3) is 3.82. The van der Waals surface area contributed by atoms with Gasteiger partial charge in [-0.2, -0.15) is 18.3 Å². The van der Waals surface area contributed by atoms with Crippen molar-refractivity contribution in [3.8, 4) is 0 Å². The molecule has 0 radical (unpaired) electrons. The second kappa shape index (κ2) is 7.82. The normalized spacial score (nSPS) is 21.6.